The van der Waals surface area contributed by atoms with E-state index in [0.717, 1.165) is 22.4 Å². The van der Waals surface area contributed by atoms with Crippen molar-refractivity contribution in [2.45, 2.75) is 45.6 Å². The van der Waals surface area contributed by atoms with E-state index in [-0.39, 0.29) is 6.04 Å². The zero-order valence-electron chi connectivity index (χ0n) is 11.4. The molecular formula is C16H24ClN. The summed E-state index contributed by atoms with van der Waals surface area (Å²) >= 11 is 6.24. The third-order valence-electron chi connectivity index (χ3n) is 4.53. The molecule has 2 rings (SSSR count). The van der Waals surface area contributed by atoms with Crippen molar-refractivity contribution in [2.75, 3.05) is 0 Å². The van der Waals surface area contributed by atoms with Crippen molar-refractivity contribution in [3.63, 3.8) is 0 Å². The molecule has 0 aliphatic heterocycles. The molecule has 0 spiro atoms. The summed E-state index contributed by atoms with van der Waals surface area (Å²) in [6.07, 6.45) is 5.13. The predicted molar refractivity (Wildman–Crippen MR) is 78.7 cm³/mol. The van der Waals surface area contributed by atoms with Gasteiger partial charge in [-0.25, -0.2) is 0 Å². The third kappa shape index (κ3) is 3.07. The maximum absolute atomic E-state index is 6.41. The minimum Gasteiger partial charge on any atom is -0.324 e. The Morgan fingerprint density at radius 3 is 2.17 bits per heavy atom. The summed E-state index contributed by atoms with van der Waals surface area (Å²) in [6, 6.07) is 8.11. The van der Waals surface area contributed by atoms with Gasteiger partial charge in [0.1, 0.15) is 0 Å². The van der Waals surface area contributed by atoms with Crippen LogP contribution in [-0.2, 0) is 0 Å². The van der Waals surface area contributed by atoms with Crippen LogP contribution in [-0.4, -0.2) is 0 Å². The van der Waals surface area contributed by atoms with Crippen molar-refractivity contribution < 1.29 is 0 Å². The van der Waals surface area contributed by atoms with E-state index in [1.165, 1.54) is 25.7 Å². The Morgan fingerprint density at radius 2 is 1.61 bits per heavy atom. The van der Waals surface area contributed by atoms with E-state index >= 15 is 0 Å². The molecule has 2 N–H and O–H groups in total. The minimum absolute atomic E-state index is 0.104. The maximum atomic E-state index is 6.41. The summed E-state index contributed by atoms with van der Waals surface area (Å²) in [5.41, 5.74) is 7.53. The van der Waals surface area contributed by atoms with Gasteiger partial charge in [0.05, 0.1) is 0 Å². The van der Waals surface area contributed by atoms with Gasteiger partial charge in [0.25, 0.3) is 0 Å². The highest BCUT2D eigenvalue weighted by Crippen LogP contribution is 2.39. The number of rotatable bonds is 3. The quantitative estimate of drug-likeness (QED) is 0.835. The monoisotopic (exact) mass is 265 g/mol. The second-order valence-corrected chi connectivity index (χ2v) is 6.37. The standard InChI is InChI=1S/C16H24ClN/c1-11(2)12-7-9-13(10-8-12)16(18)14-5-3-4-6-15(14)17/h3-6,11-13,16H,7-10,18H2,1-2H3. The van der Waals surface area contributed by atoms with E-state index in [2.05, 4.69) is 19.9 Å². The van der Waals surface area contributed by atoms with Crippen LogP contribution in [0.1, 0.15) is 51.1 Å². The average molecular weight is 266 g/mol. The molecule has 0 saturated heterocycles. The van der Waals surface area contributed by atoms with Crippen LogP contribution in [0.4, 0.5) is 0 Å². The van der Waals surface area contributed by atoms with Gasteiger partial charge in [0.15, 0.2) is 0 Å². The van der Waals surface area contributed by atoms with Crippen LogP contribution in [0, 0.1) is 17.8 Å². The summed E-state index contributed by atoms with van der Waals surface area (Å²) in [5, 5.41) is 0.816. The Morgan fingerprint density at radius 1 is 1.06 bits per heavy atom. The molecule has 1 nitrogen and oxygen atoms in total. The topological polar surface area (TPSA) is 26.0 Å². The number of hydrogen-bond acceptors (Lipinski definition) is 1. The lowest BCUT2D eigenvalue weighted by Crippen LogP contribution is -2.27. The van der Waals surface area contributed by atoms with Gasteiger partial charge in [-0.3, -0.25) is 0 Å². The first-order valence-electron chi connectivity index (χ1n) is 7.09. The highest BCUT2D eigenvalue weighted by molar-refractivity contribution is 6.31. The third-order valence-corrected chi connectivity index (χ3v) is 4.88. The fourth-order valence-corrected chi connectivity index (χ4v) is 3.43. The minimum atomic E-state index is 0.104. The van der Waals surface area contributed by atoms with Gasteiger partial charge < -0.3 is 5.73 Å². The Labute approximate surface area is 116 Å². The molecule has 1 unspecified atom stereocenters. The van der Waals surface area contributed by atoms with Crippen molar-refractivity contribution in [3.8, 4) is 0 Å². The average Bonchev–Trinajstić information content (AvgIpc) is 2.38. The van der Waals surface area contributed by atoms with E-state index in [1.807, 2.05) is 18.2 Å². The molecule has 18 heavy (non-hydrogen) atoms. The van der Waals surface area contributed by atoms with Crippen LogP contribution in [0.15, 0.2) is 24.3 Å². The molecule has 0 aromatic heterocycles. The molecular weight excluding hydrogens is 242 g/mol. The number of nitrogens with two attached hydrogens (primary N) is 1. The van der Waals surface area contributed by atoms with Crippen molar-refractivity contribution in [3.05, 3.63) is 34.9 Å². The van der Waals surface area contributed by atoms with Gasteiger partial charge in [-0.1, -0.05) is 43.6 Å². The lowest BCUT2D eigenvalue weighted by molar-refractivity contribution is 0.204. The van der Waals surface area contributed by atoms with Crippen molar-refractivity contribution in [1.29, 1.82) is 0 Å². The molecule has 100 valence electrons. The van der Waals surface area contributed by atoms with Gasteiger partial charge in [0.2, 0.25) is 0 Å². The molecule has 2 heteroatoms. The zero-order valence-corrected chi connectivity index (χ0v) is 12.2. The molecule has 1 saturated carbocycles. The summed E-state index contributed by atoms with van der Waals surface area (Å²) in [4.78, 5) is 0. The van der Waals surface area contributed by atoms with Crippen LogP contribution < -0.4 is 5.73 Å². The fraction of sp³-hybridized carbons (Fsp3) is 0.625. The Balaban J connectivity index is 2.00. The molecule has 1 atom stereocenters. The molecule has 1 aliphatic carbocycles. The largest absolute Gasteiger partial charge is 0.324 e. The van der Waals surface area contributed by atoms with Gasteiger partial charge in [0, 0.05) is 11.1 Å². The summed E-state index contributed by atoms with van der Waals surface area (Å²) in [7, 11) is 0. The number of hydrogen-bond donors (Lipinski definition) is 1. The van der Waals surface area contributed by atoms with Gasteiger partial charge in [-0.15, -0.1) is 0 Å². The van der Waals surface area contributed by atoms with E-state index in [9.17, 15) is 0 Å². The van der Waals surface area contributed by atoms with Gasteiger partial charge >= 0.3 is 0 Å². The Hall–Kier alpha value is -0.530. The van der Waals surface area contributed by atoms with Crippen molar-refractivity contribution >= 4 is 11.6 Å². The van der Waals surface area contributed by atoms with Crippen LogP contribution in [0.5, 0.6) is 0 Å². The normalized spacial score (nSPS) is 26.3. The van der Waals surface area contributed by atoms with Crippen molar-refractivity contribution in [2.24, 2.45) is 23.5 Å². The van der Waals surface area contributed by atoms with E-state index in [4.69, 9.17) is 17.3 Å². The first-order valence-corrected chi connectivity index (χ1v) is 7.47. The highest BCUT2D eigenvalue weighted by Gasteiger charge is 2.28. The Bertz CT molecular complexity index is 380. The summed E-state index contributed by atoms with van der Waals surface area (Å²) < 4.78 is 0. The second kappa shape index (κ2) is 6.08. The SMILES string of the molecule is CC(C)C1CCC(C(N)c2ccccc2Cl)CC1. The van der Waals surface area contributed by atoms with Crippen LogP contribution in [0.3, 0.4) is 0 Å². The number of halogens is 1. The van der Waals surface area contributed by atoms with Crippen LogP contribution in [0.25, 0.3) is 0 Å². The molecule has 0 radical (unpaired) electrons. The summed E-state index contributed by atoms with van der Waals surface area (Å²) in [6.45, 7) is 4.66. The maximum Gasteiger partial charge on any atom is 0.0453 e. The predicted octanol–water partition coefficient (Wildman–Crippen LogP) is 4.80. The van der Waals surface area contributed by atoms with E-state index in [0.29, 0.717) is 5.92 Å². The molecule has 1 aromatic rings. The zero-order chi connectivity index (χ0) is 13.1. The lowest BCUT2D eigenvalue weighted by atomic mass is 9.73. The van der Waals surface area contributed by atoms with E-state index in [1.54, 1.807) is 0 Å². The Kier molecular flexibility index (Phi) is 4.69. The molecule has 0 heterocycles. The van der Waals surface area contributed by atoms with Crippen LogP contribution in [0.2, 0.25) is 5.02 Å². The highest BCUT2D eigenvalue weighted by atomic mass is 35.5. The lowest BCUT2D eigenvalue weighted by Gasteiger charge is -2.34. The van der Waals surface area contributed by atoms with Gasteiger partial charge in [-0.05, 0) is 55.1 Å². The van der Waals surface area contributed by atoms with Crippen LogP contribution >= 0.6 is 11.6 Å². The molecule has 0 bridgehead atoms. The first kappa shape index (κ1) is 13.9. The van der Waals surface area contributed by atoms with Gasteiger partial charge in [-0.2, -0.15) is 0 Å². The number of benzene rings is 1. The summed E-state index contributed by atoms with van der Waals surface area (Å²) in [5.74, 6) is 2.29. The smallest absolute Gasteiger partial charge is 0.0453 e. The molecule has 1 aromatic carbocycles. The molecule has 0 amide bonds. The van der Waals surface area contributed by atoms with Crippen molar-refractivity contribution in [1.82, 2.24) is 0 Å². The molecule has 1 aliphatic rings. The first-order chi connectivity index (χ1) is 8.59. The van der Waals surface area contributed by atoms with E-state index < -0.39 is 0 Å². The second-order valence-electron chi connectivity index (χ2n) is 5.97. The molecule has 1 fully saturated rings. The fourth-order valence-electron chi connectivity index (χ4n) is 3.17.